The number of carboxylic acid groups (broad SMARTS) is 1. The van der Waals surface area contributed by atoms with E-state index >= 15 is 0 Å². The molecular weight excluding hydrogens is 551 g/mol. The molecule has 202 valence electrons. The summed E-state index contributed by atoms with van der Waals surface area (Å²) in [5.74, 6) is -2.36. The van der Waals surface area contributed by atoms with Crippen molar-refractivity contribution >= 4 is 70.5 Å². The van der Waals surface area contributed by atoms with E-state index in [2.05, 4.69) is 16.0 Å². The van der Waals surface area contributed by atoms with E-state index in [0.717, 1.165) is 4.90 Å². The molecule has 38 heavy (non-hydrogen) atoms. The number of nitrogens with zero attached hydrogens (tertiary/aromatic N) is 1. The number of aliphatic carboxylic acids is 1. The molecule has 0 spiro atoms. The van der Waals surface area contributed by atoms with Crippen LogP contribution in [0.15, 0.2) is 53.4 Å². The van der Waals surface area contributed by atoms with Gasteiger partial charge in [-0.05, 0) is 48.9 Å². The first-order valence-electron chi connectivity index (χ1n) is 11.8. The third-order valence-electron chi connectivity index (χ3n) is 5.99. The molecule has 0 radical (unpaired) electrons. The van der Waals surface area contributed by atoms with Crippen LogP contribution < -0.4 is 16.0 Å². The second-order valence-electron chi connectivity index (χ2n) is 8.52. The first-order chi connectivity index (χ1) is 18.2. The largest absolute Gasteiger partial charge is 0.480 e. The summed E-state index contributed by atoms with van der Waals surface area (Å²) >= 11 is 14.0. The highest BCUT2D eigenvalue weighted by atomic mass is 35.5. The van der Waals surface area contributed by atoms with E-state index in [4.69, 9.17) is 23.2 Å². The number of rotatable bonds is 9. The number of nitrogens with one attached hydrogen (secondary N) is 3. The molecule has 3 rings (SSSR count). The van der Waals surface area contributed by atoms with Gasteiger partial charge in [-0.3, -0.25) is 9.59 Å². The van der Waals surface area contributed by atoms with Crippen molar-refractivity contribution in [2.24, 2.45) is 5.92 Å². The topological polar surface area (TPSA) is 128 Å². The average Bonchev–Trinajstić information content (AvgIpc) is 2.92. The number of carbonyl (C=O) groups excluding carboxylic acids is 3. The number of carboxylic acids is 1. The van der Waals surface area contributed by atoms with Crippen molar-refractivity contribution in [3.8, 4) is 0 Å². The van der Waals surface area contributed by atoms with Crippen LogP contribution in [0.1, 0.15) is 18.4 Å². The van der Waals surface area contributed by atoms with E-state index in [1.165, 1.54) is 17.8 Å². The fourth-order valence-corrected chi connectivity index (χ4v) is 5.02. The van der Waals surface area contributed by atoms with Crippen molar-refractivity contribution in [3.63, 3.8) is 0 Å². The number of hydrogen-bond acceptors (Lipinski definition) is 5. The summed E-state index contributed by atoms with van der Waals surface area (Å²) in [6, 6.07) is 10.4. The van der Waals surface area contributed by atoms with Gasteiger partial charge < -0.3 is 26.0 Å². The lowest BCUT2D eigenvalue weighted by Gasteiger charge is -2.31. The minimum absolute atomic E-state index is 0.220. The van der Waals surface area contributed by atoms with Crippen LogP contribution in [0.25, 0.3) is 6.08 Å². The number of likely N-dealkylation sites (tertiary alicyclic amines) is 1. The van der Waals surface area contributed by atoms with Gasteiger partial charge >= 0.3 is 12.0 Å². The highest BCUT2D eigenvalue weighted by Crippen LogP contribution is 2.35. The summed E-state index contributed by atoms with van der Waals surface area (Å²) in [6.45, 7) is 0.402. The smallest absolute Gasteiger partial charge is 0.328 e. The monoisotopic (exact) mass is 578 g/mol. The molecule has 0 aromatic heterocycles. The molecule has 4 N–H and O–H groups in total. The Morgan fingerprint density at radius 3 is 2.39 bits per heavy atom. The Balaban J connectivity index is 1.47. The molecule has 1 heterocycles. The number of hydrogen-bond donors (Lipinski definition) is 4. The number of thioether (sulfide) groups is 1. The molecule has 12 heteroatoms. The fraction of sp³-hybridized carbons (Fsp3) is 0.308. The Labute approximate surface area is 234 Å². The molecule has 9 nitrogen and oxygen atoms in total. The predicted octanol–water partition coefficient (Wildman–Crippen LogP) is 4.36. The number of halogens is 2. The number of urea groups is 1. The minimum atomic E-state index is -1.29. The van der Waals surface area contributed by atoms with E-state index in [-0.39, 0.29) is 12.5 Å². The van der Waals surface area contributed by atoms with Crippen LogP contribution in [0.4, 0.5) is 10.5 Å². The summed E-state index contributed by atoms with van der Waals surface area (Å²) in [4.78, 5) is 51.5. The molecule has 0 aliphatic carbocycles. The first kappa shape index (κ1) is 29.3. The van der Waals surface area contributed by atoms with Crippen molar-refractivity contribution in [1.29, 1.82) is 0 Å². The Hall–Kier alpha value is -3.21. The zero-order chi connectivity index (χ0) is 27.7. The summed E-state index contributed by atoms with van der Waals surface area (Å²) in [5.41, 5.74) is 1.18. The molecule has 4 amide bonds. The van der Waals surface area contributed by atoms with Crippen LogP contribution in [0.3, 0.4) is 0 Å². The van der Waals surface area contributed by atoms with Crippen molar-refractivity contribution in [2.75, 3.05) is 31.2 Å². The number of piperidine rings is 1. The van der Waals surface area contributed by atoms with E-state index in [1.54, 1.807) is 47.4 Å². The number of anilines is 1. The van der Waals surface area contributed by atoms with Crippen LogP contribution in [0, 0.1) is 5.92 Å². The maximum atomic E-state index is 12.7. The highest BCUT2D eigenvalue weighted by Gasteiger charge is 2.30. The van der Waals surface area contributed by atoms with Gasteiger partial charge in [0.1, 0.15) is 6.04 Å². The van der Waals surface area contributed by atoms with E-state index in [1.807, 2.05) is 12.3 Å². The zero-order valence-electron chi connectivity index (χ0n) is 20.6. The Morgan fingerprint density at radius 2 is 1.76 bits per heavy atom. The number of benzene rings is 2. The molecular formula is C26H28Cl2N4O5S. The lowest BCUT2D eigenvalue weighted by Crippen LogP contribution is -2.52. The van der Waals surface area contributed by atoms with Crippen molar-refractivity contribution in [2.45, 2.75) is 23.8 Å². The van der Waals surface area contributed by atoms with Gasteiger partial charge in [0.2, 0.25) is 11.8 Å². The zero-order valence-corrected chi connectivity index (χ0v) is 22.9. The van der Waals surface area contributed by atoms with Crippen LogP contribution >= 0.6 is 35.0 Å². The van der Waals surface area contributed by atoms with E-state index in [9.17, 15) is 24.3 Å². The molecule has 1 atom stereocenters. The van der Waals surface area contributed by atoms with Crippen molar-refractivity contribution in [1.82, 2.24) is 15.5 Å². The average molecular weight is 580 g/mol. The molecule has 2 aromatic carbocycles. The molecule has 1 unspecified atom stereocenters. The van der Waals surface area contributed by atoms with Gasteiger partial charge in [0.05, 0.1) is 16.6 Å². The van der Waals surface area contributed by atoms with Gasteiger partial charge in [-0.15, -0.1) is 11.8 Å². The molecule has 1 saturated heterocycles. The molecule has 2 aromatic rings. The Morgan fingerprint density at radius 1 is 1.08 bits per heavy atom. The second kappa shape index (κ2) is 14.1. The minimum Gasteiger partial charge on any atom is -0.480 e. The molecule has 1 aliphatic rings. The van der Waals surface area contributed by atoms with Gasteiger partial charge in [-0.1, -0.05) is 47.5 Å². The van der Waals surface area contributed by atoms with Gasteiger partial charge in [-0.2, -0.15) is 0 Å². The maximum absolute atomic E-state index is 12.7. The quantitative estimate of drug-likeness (QED) is 0.258. The van der Waals surface area contributed by atoms with Gasteiger partial charge in [0.15, 0.2) is 0 Å². The highest BCUT2D eigenvalue weighted by molar-refractivity contribution is 7.98. The lowest BCUT2D eigenvalue weighted by atomic mass is 9.95. The van der Waals surface area contributed by atoms with E-state index in [0.29, 0.717) is 47.2 Å². The summed E-state index contributed by atoms with van der Waals surface area (Å²) < 4.78 is 0. The standard InChI is InChI=1S/C26H28Cl2N4O5S/c1-38-20-9-7-16(22(27)23(20)28)8-10-21(33)32-13-11-17(12-14-32)24(34)31-19(25(35)36)15-29-26(37)30-18-5-3-2-4-6-18/h2-10,17,19H,11-15H2,1H3,(H,31,34)(H,35,36)(H2,29,30,37). The second-order valence-corrected chi connectivity index (χ2v) is 10.1. The third kappa shape index (κ3) is 8.14. The first-order valence-corrected chi connectivity index (χ1v) is 13.8. The van der Waals surface area contributed by atoms with Crippen LogP contribution in [-0.2, 0) is 14.4 Å². The Bertz CT molecular complexity index is 1200. The van der Waals surface area contributed by atoms with Gasteiger partial charge in [0.25, 0.3) is 0 Å². The maximum Gasteiger partial charge on any atom is 0.328 e. The summed E-state index contributed by atoms with van der Waals surface area (Å²) in [5, 5.41) is 17.8. The normalized spacial score (nSPS) is 14.7. The SMILES string of the molecule is CSc1ccc(C=CC(=O)N2CCC(C(=O)NC(CNC(=O)Nc3ccccc3)C(=O)O)CC2)c(Cl)c1Cl. The van der Waals surface area contributed by atoms with Crippen LogP contribution in [-0.4, -0.2) is 65.8 Å². The summed E-state index contributed by atoms with van der Waals surface area (Å²) in [7, 11) is 0. The molecule has 0 saturated carbocycles. The molecule has 0 bridgehead atoms. The number of para-hydroxylation sites is 1. The molecule has 1 fully saturated rings. The number of carbonyl (C=O) groups is 4. The van der Waals surface area contributed by atoms with Crippen LogP contribution in [0.5, 0.6) is 0 Å². The van der Waals surface area contributed by atoms with Crippen LogP contribution in [0.2, 0.25) is 10.0 Å². The van der Waals surface area contributed by atoms with Crippen molar-refractivity contribution in [3.05, 3.63) is 64.1 Å². The number of amides is 4. The van der Waals surface area contributed by atoms with Gasteiger partial charge in [-0.25, -0.2) is 9.59 Å². The fourth-order valence-electron chi connectivity index (χ4n) is 3.84. The lowest BCUT2D eigenvalue weighted by molar-refractivity contribution is -0.142. The third-order valence-corrected chi connectivity index (χ3v) is 7.78. The summed E-state index contributed by atoms with van der Waals surface area (Å²) in [6.07, 6.45) is 5.69. The molecule has 1 aliphatic heterocycles. The van der Waals surface area contributed by atoms with E-state index < -0.39 is 29.9 Å². The predicted molar refractivity (Wildman–Crippen MR) is 150 cm³/mol. The van der Waals surface area contributed by atoms with Crippen molar-refractivity contribution < 1.29 is 24.3 Å². The van der Waals surface area contributed by atoms with Gasteiger partial charge in [0, 0.05) is 35.7 Å². The Kier molecular flexibility index (Phi) is 10.9.